The predicted molar refractivity (Wildman–Crippen MR) is 69.9 cm³/mol. The molecule has 1 atom stereocenters. The van der Waals surface area contributed by atoms with Crippen LogP contribution in [-0.2, 0) is 0 Å². The molecule has 1 unspecified atom stereocenters. The lowest BCUT2D eigenvalue weighted by Gasteiger charge is -2.25. The largest absolute Gasteiger partial charge is 0.395 e. The summed E-state index contributed by atoms with van der Waals surface area (Å²) in [6, 6.07) is 6.01. The van der Waals surface area contributed by atoms with Gasteiger partial charge >= 0.3 is 0 Å². The summed E-state index contributed by atoms with van der Waals surface area (Å²) in [5.74, 6) is 0. The fourth-order valence-electron chi connectivity index (χ4n) is 1.59. The highest BCUT2D eigenvalue weighted by Crippen LogP contribution is 2.22. The Morgan fingerprint density at radius 3 is 2.62 bits per heavy atom. The lowest BCUT2D eigenvalue weighted by Crippen LogP contribution is -2.33. The van der Waals surface area contributed by atoms with E-state index < -0.39 is 6.10 Å². The van der Waals surface area contributed by atoms with Gasteiger partial charge in [0.15, 0.2) is 0 Å². The normalized spacial score (nSPS) is 12.6. The van der Waals surface area contributed by atoms with E-state index in [-0.39, 0.29) is 6.61 Å². The predicted octanol–water partition coefficient (Wildman–Crippen LogP) is 1.94. The molecule has 0 saturated carbocycles. The van der Waals surface area contributed by atoms with E-state index in [2.05, 4.69) is 15.9 Å². The van der Waals surface area contributed by atoms with Gasteiger partial charge in [0.1, 0.15) is 0 Å². The summed E-state index contributed by atoms with van der Waals surface area (Å²) >= 11 is 3.45. The van der Waals surface area contributed by atoms with Gasteiger partial charge in [0.25, 0.3) is 0 Å². The Bertz CT molecular complexity index is 342. The number of rotatable bonds is 5. The average molecular weight is 288 g/mol. The van der Waals surface area contributed by atoms with Crippen LogP contribution in [0, 0.1) is 6.92 Å². The zero-order valence-corrected chi connectivity index (χ0v) is 11.2. The Balaban J connectivity index is 2.87. The van der Waals surface area contributed by atoms with Crippen LogP contribution < -0.4 is 4.90 Å². The van der Waals surface area contributed by atoms with Crippen molar-refractivity contribution >= 4 is 21.6 Å². The summed E-state index contributed by atoms with van der Waals surface area (Å²) in [5, 5.41) is 18.4. The van der Waals surface area contributed by atoms with E-state index in [4.69, 9.17) is 5.11 Å². The second kappa shape index (κ2) is 6.23. The van der Waals surface area contributed by atoms with E-state index in [1.807, 2.05) is 30.0 Å². The Kier molecular flexibility index (Phi) is 5.25. The number of hydrogen-bond acceptors (Lipinski definition) is 3. The van der Waals surface area contributed by atoms with E-state index in [1.165, 1.54) is 0 Å². The highest BCUT2D eigenvalue weighted by molar-refractivity contribution is 9.10. The second-order valence-corrected chi connectivity index (χ2v) is 4.81. The van der Waals surface area contributed by atoms with Crippen LogP contribution in [0.4, 0.5) is 5.69 Å². The van der Waals surface area contributed by atoms with E-state index in [9.17, 15) is 5.11 Å². The standard InChI is InChI=1S/C12H18BrNO2/c1-9-7-11(3-4-12(9)13)14(5-6-15)8-10(2)16/h3-4,7,10,15-16H,5-6,8H2,1-2H3. The molecule has 0 bridgehead atoms. The number of benzene rings is 1. The molecular formula is C12H18BrNO2. The summed E-state index contributed by atoms with van der Waals surface area (Å²) in [5.41, 5.74) is 2.17. The van der Waals surface area contributed by atoms with Crippen molar-refractivity contribution in [3.8, 4) is 0 Å². The van der Waals surface area contributed by atoms with Crippen molar-refractivity contribution in [2.24, 2.45) is 0 Å². The highest BCUT2D eigenvalue weighted by Gasteiger charge is 2.09. The van der Waals surface area contributed by atoms with Gasteiger partial charge in [-0.15, -0.1) is 0 Å². The van der Waals surface area contributed by atoms with Crippen molar-refractivity contribution in [2.45, 2.75) is 20.0 Å². The first-order valence-corrected chi connectivity index (χ1v) is 6.14. The van der Waals surface area contributed by atoms with Crippen LogP contribution in [0.15, 0.2) is 22.7 Å². The minimum atomic E-state index is -0.407. The fourth-order valence-corrected chi connectivity index (χ4v) is 1.84. The number of nitrogens with zero attached hydrogens (tertiary/aromatic N) is 1. The maximum Gasteiger partial charge on any atom is 0.0687 e. The van der Waals surface area contributed by atoms with Crippen molar-refractivity contribution in [3.63, 3.8) is 0 Å². The van der Waals surface area contributed by atoms with Crippen molar-refractivity contribution in [2.75, 3.05) is 24.6 Å². The summed E-state index contributed by atoms with van der Waals surface area (Å²) < 4.78 is 1.07. The zero-order chi connectivity index (χ0) is 12.1. The maximum absolute atomic E-state index is 9.40. The third kappa shape index (κ3) is 3.77. The summed E-state index contributed by atoms with van der Waals surface area (Å²) in [6.45, 7) is 4.92. The molecule has 4 heteroatoms. The Morgan fingerprint density at radius 2 is 2.12 bits per heavy atom. The quantitative estimate of drug-likeness (QED) is 0.870. The summed E-state index contributed by atoms with van der Waals surface area (Å²) in [6.07, 6.45) is -0.407. The van der Waals surface area contributed by atoms with Crippen LogP contribution in [0.5, 0.6) is 0 Å². The lowest BCUT2D eigenvalue weighted by atomic mass is 10.2. The van der Waals surface area contributed by atoms with Gasteiger partial charge in [-0.25, -0.2) is 0 Å². The Labute approximate surface area is 105 Å². The van der Waals surface area contributed by atoms with E-state index in [0.29, 0.717) is 13.1 Å². The number of anilines is 1. The van der Waals surface area contributed by atoms with Crippen LogP contribution in [0.3, 0.4) is 0 Å². The van der Waals surface area contributed by atoms with Gasteiger partial charge in [-0.3, -0.25) is 0 Å². The molecule has 0 aliphatic heterocycles. The van der Waals surface area contributed by atoms with Crippen LogP contribution in [0.2, 0.25) is 0 Å². The number of halogens is 1. The van der Waals surface area contributed by atoms with Crippen LogP contribution in [0.1, 0.15) is 12.5 Å². The van der Waals surface area contributed by atoms with Gasteiger partial charge in [-0.05, 0) is 37.6 Å². The first-order chi connectivity index (χ1) is 7.54. The molecule has 1 aromatic carbocycles. The molecule has 0 aliphatic carbocycles. The molecule has 2 N–H and O–H groups in total. The molecule has 1 aromatic rings. The second-order valence-electron chi connectivity index (χ2n) is 3.95. The summed E-state index contributed by atoms with van der Waals surface area (Å²) in [7, 11) is 0. The van der Waals surface area contributed by atoms with E-state index in [1.54, 1.807) is 6.92 Å². The first-order valence-electron chi connectivity index (χ1n) is 5.34. The molecule has 0 aliphatic rings. The Morgan fingerprint density at radius 1 is 1.44 bits per heavy atom. The zero-order valence-electron chi connectivity index (χ0n) is 9.65. The Hall–Kier alpha value is -0.580. The van der Waals surface area contributed by atoms with Crippen LogP contribution in [0.25, 0.3) is 0 Å². The third-order valence-corrected chi connectivity index (χ3v) is 3.25. The summed E-state index contributed by atoms with van der Waals surface area (Å²) in [4.78, 5) is 1.98. The lowest BCUT2D eigenvalue weighted by molar-refractivity contribution is 0.197. The number of aryl methyl sites for hydroxylation is 1. The highest BCUT2D eigenvalue weighted by atomic mass is 79.9. The molecule has 0 amide bonds. The molecule has 3 nitrogen and oxygen atoms in total. The van der Waals surface area contributed by atoms with Gasteiger partial charge in [0.2, 0.25) is 0 Å². The molecule has 0 radical (unpaired) electrons. The first kappa shape index (κ1) is 13.5. The average Bonchev–Trinajstić information content (AvgIpc) is 2.21. The van der Waals surface area contributed by atoms with Gasteiger partial charge < -0.3 is 15.1 Å². The van der Waals surface area contributed by atoms with Crippen molar-refractivity contribution in [1.82, 2.24) is 0 Å². The van der Waals surface area contributed by atoms with Gasteiger partial charge in [-0.1, -0.05) is 15.9 Å². The van der Waals surface area contributed by atoms with Crippen molar-refractivity contribution in [1.29, 1.82) is 0 Å². The van der Waals surface area contributed by atoms with Crippen LogP contribution >= 0.6 is 15.9 Å². The molecule has 0 heterocycles. The molecule has 1 rings (SSSR count). The minimum absolute atomic E-state index is 0.0852. The van der Waals surface area contributed by atoms with Gasteiger partial charge in [0.05, 0.1) is 12.7 Å². The molecule has 16 heavy (non-hydrogen) atoms. The maximum atomic E-state index is 9.40. The van der Waals surface area contributed by atoms with Gasteiger partial charge in [0, 0.05) is 23.2 Å². The van der Waals surface area contributed by atoms with Crippen molar-refractivity contribution in [3.05, 3.63) is 28.2 Å². The number of hydrogen-bond donors (Lipinski definition) is 2. The smallest absolute Gasteiger partial charge is 0.0687 e. The van der Waals surface area contributed by atoms with E-state index >= 15 is 0 Å². The molecule has 0 aromatic heterocycles. The molecule has 90 valence electrons. The van der Waals surface area contributed by atoms with E-state index in [0.717, 1.165) is 15.7 Å². The monoisotopic (exact) mass is 287 g/mol. The molecule has 0 saturated heterocycles. The molecule has 0 spiro atoms. The fraction of sp³-hybridized carbons (Fsp3) is 0.500. The SMILES string of the molecule is Cc1cc(N(CCO)CC(C)O)ccc1Br. The molecule has 0 fully saturated rings. The van der Waals surface area contributed by atoms with Crippen molar-refractivity contribution < 1.29 is 10.2 Å². The third-order valence-electron chi connectivity index (χ3n) is 2.36. The topological polar surface area (TPSA) is 43.7 Å². The number of aliphatic hydroxyl groups is 2. The van der Waals surface area contributed by atoms with Gasteiger partial charge in [-0.2, -0.15) is 0 Å². The van der Waals surface area contributed by atoms with Crippen LogP contribution in [-0.4, -0.2) is 36.0 Å². The minimum Gasteiger partial charge on any atom is -0.395 e. The number of aliphatic hydroxyl groups excluding tert-OH is 2. The molecular weight excluding hydrogens is 270 g/mol.